The number of unbranched alkanes of at least 4 members (excludes halogenated alkanes) is 1. The number of hydrogen-bond acceptors (Lipinski definition) is 5. The zero-order chi connectivity index (χ0) is 16.9. The molecule has 1 aliphatic rings. The van der Waals surface area contributed by atoms with Crippen molar-refractivity contribution in [2.24, 2.45) is 0 Å². The van der Waals surface area contributed by atoms with E-state index in [2.05, 4.69) is 31.8 Å². The molecule has 2 aromatic heterocycles. The van der Waals surface area contributed by atoms with Gasteiger partial charge in [0.2, 0.25) is 0 Å². The van der Waals surface area contributed by atoms with E-state index in [1.807, 2.05) is 26.1 Å². The summed E-state index contributed by atoms with van der Waals surface area (Å²) in [5.41, 5.74) is 3.15. The zero-order valence-electron chi connectivity index (χ0n) is 14.9. The number of nitrogens with one attached hydrogen (secondary N) is 1. The summed E-state index contributed by atoms with van der Waals surface area (Å²) in [4.78, 5) is 19.2. The highest BCUT2D eigenvalue weighted by molar-refractivity contribution is 5.13. The molecule has 6 nitrogen and oxygen atoms in total. The molecular formula is C18H27N5O. The molecule has 130 valence electrons. The van der Waals surface area contributed by atoms with E-state index in [-0.39, 0.29) is 6.10 Å². The van der Waals surface area contributed by atoms with Crippen molar-refractivity contribution >= 4 is 0 Å². The summed E-state index contributed by atoms with van der Waals surface area (Å²) in [7, 11) is 0. The van der Waals surface area contributed by atoms with Crippen molar-refractivity contribution in [3.8, 4) is 0 Å². The van der Waals surface area contributed by atoms with Crippen molar-refractivity contribution in [3.63, 3.8) is 0 Å². The molecule has 1 aliphatic heterocycles. The molecule has 1 fully saturated rings. The highest BCUT2D eigenvalue weighted by Gasteiger charge is 2.24. The minimum absolute atomic E-state index is 0.0154. The van der Waals surface area contributed by atoms with E-state index in [0.29, 0.717) is 0 Å². The molecule has 1 saturated heterocycles. The van der Waals surface area contributed by atoms with Crippen LogP contribution in [-0.2, 0) is 17.7 Å². The average Bonchev–Trinajstić information content (AvgIpc) is 2.99. The molecule has 6 heteroatoms. The first-order valence-electron chi connectivity index (χ1n) is 8.83. The molecule has 0 radical (unpaired) electrons. The van der Waals surface area contributed by atoms with E-state index < -0.39 is 0 Å². The van der Waals surface area contributed by atoms with Crippen molar-refractivity contribution in [2.75, 3.05) is 19.7 Å². The summed E-state index contributed by atoms with van der Waals surface area (Å²) in [6.45, 7) is 9.52. The molecule has 3 rings (SSSR count). The Labute approximate surface area is 143 Å². The number of aryl methyl sites for hydroxylation is 3. The second-order valence-corrected chi connectivity index (χ2v) is 6.53. The summed E-state index contributed by atoms with van der Waals surface area (Å²) >= 11 is 0. The van der Waals surface area contributed by atoms with Crippen LogP contribution in [-0.4, -0.2) is 44.5 Å². The molecule has 0 aromatic carbocycles. The number of nitrogens with zero attached hydrogens (tertiary/aromatic N) is 4. The lowest BCUT2D eigenvalue weighted by molar-refractivity contribution is -0.0354. The Bertz CT molecular complexity index is 649. The van der Waals surface area contributed by atoms with Crippen LogP contribution in [0, 0.1) is 13.8 Å². The number of morpholine rings is 1. The van der Waals surface area contributed by atoms with Crippen molar-refractivity contribution in [2.45, 2.75) is 52.7 Å². The molecule has 0 spiro atoms. The summed E-state index contributed by atoms with van der Waals surface area (Å²) in [5.74, 6) is 1.90. The maximum absolute atomic E-state index is 5.94. The van der Waals surface area contributed by atoms with Gasteiger partial charge in [-0.15, -0.1) is 0 Å². The van der Waals surface area contributed by atoms with Gasteiger partial charge in [0.15, 0.2) is 0 Å². The summed E-state index contributed by atoms with van der Waals surface area (Å²) < 4.78 is 5.94. The minimum atomic E-state index is 0.0154. The molecular weight excluding hydrogens is 302 g/mol. The number of aromatic nitrogens is 4. The van der Waals surface area contributed by atoms with Crippen LogP contribution in [0.4, 0.5) is 0 Å². The van der Waals surface area contributed by atoms with E-state index >= 15 is 0 Å². The maximum Gasteiger partial charge on any atom is 0.125 e. The molecule has 1 N–H and O–H groups in total. The number of ether oxygens (including phenoxy) is 1. The molecule has 0 saturated carbocycles. The van der Waals surface area contributed by atoms with Crippen molar-refractivity contribution in [1.82, 2.24) is 24.8 Å². The van der Waals surface area contributed by atoms with Gasteiger partial charge < -0.3 is 9.72 Å². The number of imidazole rings is 1. The molecule has 1 unspecified atom stereocenters. The Balaban J connectivity index is 1.62. The number of hydrogen-bond donors (Lipinski definition) is 1. The Morgan fingerprint density at radius 3 is 3.00 bits per heavy atom. The van der Waals surface area contributed by atoms with E-state index in [4.69, 9.17) is 4.74 Å². The molecule has 24 heavy (non-hydrogen) atoms. The largest absolute Gasteiger partial charge is 0.369 e. The summed E-state index contributed by atoms with van der Waals surface area (Å²) in [5, 5.41) is 0. The molecule has 0 bridgehead atoms. The van der Waals surface area contributed by atoms with Gasteiger partial charge in [-0.05, 0) is 26.3 Å². The molecule has 0 aliphatic carbocycles. The average molecular weight is 329 g/mol. The Kier molecular flexibility index (Phi) is 5.58. The van der Waals surface area contributed by atoms with Gasteiger partial charge in [-0.25, -0.2) is 15.0 Å². The second kappa shape index (κ2) is 7.85. The fourth-order valence-electron chi connectivity index (χ4n) is 3.13. The summed E-state index contributed by atoms with van der Waals surface area (Å²) in [6.07, 6.45) is 5.38. The van der Waals surface area contributed by atoms with Crippen molar-refractivity contribution in [3.05, 3.63) is 41.0 Å². The van der Waals surface area contributed by atoms with E-state index in [9.17, 15) is 0 Å². The summed E-state index contributed by atoms with van der Waals surface area (Å²) in [6, 6.07) is 2.03. The highest BCUT2D eigenvalue weighted by Crippen LogP contribution is 2.22. The standard InChI is InChI=1S/C18H27N5O/c1-4-5-6-18-19-10-15(22-18)11-23-7-8-24-17(12-23)16-9-13(2)20-14(3)21-16/h9-10,17H,4-8,11-12H2,1-3H3,(H,19,22). The minimum Gasteiger partial charge on any atom is -0.369 e. The fourth-order valence-corrected chi connectivity index (χ4v) is 3.13. The number of rotatable bonds is 6. The lowest BCUT2D eigenvalue weighted by Crippen LogP contribution is -2.38. The van der Waals surface area contributed by atoms with Crippen molar-refractivity contribution < 1.29 is 4.74 Å². The van der Waals surface area contributed by atoms with Gasteiger partial charge in [0.05, 0.1) is 12.3 Å². The quantitative estimate of drug-likeness (QED) is 0.882. The Hall–Kier alpha value is -1.79. The van der Waals surface area contributed by atoms with E-state index in [0.717, 1.165) is 55.7 Å². The van der Waals surface area contributed by atoms with Gasteiger partial charge >= 0.3 is 0 Å². The zero-order valence-corrected chi connectivity index (χ0v) is 14.9. The number of aromatic amines is 1. The fraction of sp³-hybridized carbons (Fsp3) is 0.611. The van der Waals surface area contributed by atoms with Crippen LogP contribution in [0.2, 0.25) is 0 Å². The molecule has 3 heterocycles. The lowest BCUT2D eigenvalue weighted by Gasteiger charge is -2.32. The molecule has 0 amide bonds. The van der Waals surface area contributed by atoms with Crippen LogP contribution in [0.15, 0.2) is 12.3 Å². The molecule has 1 atom stereocenters. The van der Waals surface area contributed by atoms with Crippen LogP contribution in [0.25, 0.3) is 0 Å². The van der Waals surface area contributed by atoms with E-state index in [1.165, 1.54) is 18.5 Å². The van der Waals surface area contributed by atoms with E-state index in [1.54, 1.807) is 0 Å². The highest BCUT2D eigenvalue weighted by atomic mass is 16.5. The van der Waals surface area contributed by atoms with Crippen LogP contribution in [0.5, 0.6) is 0 Å². The van der Waals surface area contributed by atoms with Gasteiger partial charge in [-0.1, -0.05) is 13.3 Å². The van der Waals surface area contributed by atoms with Gasteiger partial charge in [-0.2, -0.15) is 0 Å². The predicted molar refractivity (Wildman–Crippen MR) is 92.7 cm³/mol. The first-order chi connectivity index (χ1) is 11.6. The van der Waals surface area contributed by atoms with Crippen LogP contribution in [0.3, 0.4) is 0 Å². The lowest BCUT2D eigenvalue weighted by atomic mass is 10.1. The van der Waals surface area contributed by atoms with Gasteiger partial charge in [0, 0.05) is 43.6 Å². The second-order valence-electron chi connectivity index (χ2n) is 6.53. The Morgan fingerprint density at radius 2 is 2.21 bits per heavy atom. The maximum atomic E-state index is 5.94. The topological polar surface area (TPSA) is 66.9 Å². The van der Waals surface area contributed by atoms with Crippen LogP contribution < -0.4 is 0 Å². The first-order valence-corrected chi connectivity index (χ1v) is 8.83. The third-order valence-corrected chi connectivity index (χ3v) is 4.31. The predicted octanol–water partition coefficient (Wildman–Crippen LogP) is 2.73. The third-order valence-electron chi connectivity index (χ3n) is 4.31. The van der Waals surface area contributed by atoms with Crippen LogP contribution >= 0.6 is 0 Å². The third kappa shape index (κ3) is 4.39. The smallest absolute Gasteiger partial charge is 0.125 e. The normalized spacial score (nSPS) is 18.9. The van der Waals surface area contributed by atoms with Crippen molar-refractivity contribution in [1.29, 1.82) is 0 Å². The Morgan fingerprint density at radius 1 is 1.33 bits per heavy atom. The monoisotopic (exact) mass is 329 g/mol. The van der Waals surface area contributed by atoms with Gasteiger partial charge in [0.25, 0.3) is 0 Å². The SMILES string of the molecule is CCCCc1ncc(CN2CCOC(c3cc(C)nc(C)n3)C2)[nH]1. The first kappa shape index (κ1) is 17.0. The van der Waals surface area contributed by atoms with Gasteiger partial charge in [0.1, 0.15) is 17.8 Å². The van der Waals surface area contributed by atoms with Crippen LogP contribution in [0.1, 0.15) is 54.6 Å². The molecule has 2 aromatic rings. The number of H-pyrrole nitrogens is 1. The van der Waals surface area contributed by atoms with Gasteiger partial charge in [-0.3, -0.25) is 4.90 Å².